The molecule has 0 bridgehead atoms. The predicted molar refractivity (Wildman–Crippen MR) is 110 cm³/mol. The van der Waals surface area contributed by atoms with E-state index in [1.165, 1.54) is 11.1 Å². The molecule has 4 aromatic rings. The van der Waals surface area contributed by atoms with Crippen molar-refractivity contribution < 1.29 is 0 Å². The van der Waals surface area contributed by atoms with Crippen LogP contribution in [0.2, 0.25) is 0 Å². The lowest BCUT2D eigenvalue weighted by atomic mass is 10.1. The first-order valence-electron chi connectivity index (χ1n) is 7.93. The van der Waals surface area contributed by atoms with Gasteiger partial charge in [-0.1, -0.05) is 34.1 Å². The standard InChI is InChI=1S/C20H16BrN3S/c1-12-7-13(2)9-16(8-12)24-19-18-17(10-25-20(18)23-11-22-19)14-3-5-15(21)6-4-14/h3-11H,1-2H3,(H,22,23,24). The number of aromatic nitrogens is 2. The summed E-state index contributed by atoms with van der Waals surface area (Å²) in [5.74, 6) is 0.842. The Morgan fingerprint density at radius 3 is 2.40 bits per heavy atom. The van der Waals surface area contributed by atoms with Gasteiger partial charge in [0.2, 0.25) is 0 Å². The fourth-order valence-corrected chi connectivity index (χ4v) is 4.18. The van der Waals surface area contributed by atoms with E-state index in [-0.39, 0.29) is 0 Å². The highest BCUT2D eigenvalue weighted by molar-refractivity contribution is 9.10. The summed E-state index contributed by atoms with van der Waals surface area (Å²) in [5.41, 5.74) is 5.82. The molecule has 0 saturated heterocycles. The number of benzene rings is 2. The lowest BCUT2D eigenvalue weighted by molar-refractivity contribution is 1.23. The number of aryl methyl sites for hydroxylation is 2. The Kier molecular flexibility index (Phi) is 4.27. The molecule has 0 amide bonds. The van der Waals surface area contributed by atoms with Gasteiger partial charge >= 0.3 is 0 Å². The van der Waals surface area contributed by atoms with Gasteiger partial charge in [0.05, 0.1) is 5.39 Å². The van der Waals surface area contributed by atoms with E-state index in [9.17, 15) is 0 Å². The van der Waals surface area contributed by atoms with Crippen molar-refractivity contribution in [2.45, 2.75) is 13.8 Å². The maximum atomic E-state index is 4.51. The largest absolute Gasteiger partial charge is 0.340 e. The van der Waals surface area contributed by atoms with Gasteiger partial charge < -0.3 is 5.32 Å². The lowest BCUT2D eigenvalue weighted by Gasteiger charge is -2.10. The number of nitrogens with zero attached hydrogens (tertiary/aromatic N) is 2. The molecule has 0 aliphatic rings. The van der Waals surface area contributed by atoms with E-state index in [0.717, 1.165) is 37.3 Å². The monoisotopic (exact) mass is 409 g/mol. The number of nitrogens with one attached hydrogen (secondary N) is 1. The fourth-order valence-electron chi connectivity index (χ4n) is 3.00. The van der Waals surface area contributed by atoms with E-state index in [4.69, 9.17) is 0 Å². The third kappa shape index (κ3) is 3.30. The van der Waals surface area contributed by atoms with E-state index in [1.54, 1.807) is 17.7 Å². The van der Waals surface area contributed by atoms with Crippen LogP contribution in [0.3, 0.4) is 0 Å². The zero-order valence-corrected chi connectivity index (χ0v) is 16.3. The first-order valence-corrected chi connectivity index (χ1v) is 9.61. The summed E-state index contributed by atoms with van der Waals surface area (Å²) in [6.45, 7) is 4.21. The van der Waals surface area contributed by atoms with Gasteiger partial charge in [0.15, 0.2) is 0 Å². The zero-order chi connectivity index (χ0) is 17.4. The molecular weight excluding hydrogens is 394 g/mol. The molecule has 0 radical (unpaired) electrons. The predicted octanol–water partition coefficient (Wildman–Crippen LogP) is 6.48. The van der Waals surface area contributed by atoms with Gasteiger partial charge in [0.25, 0.3) is 0 Å². The van der Waals surface area contributed by atoms with Crippen LogP contribution in [0.4, 0.5) is 11.5 Å². The van der Waals surface area contributed by atoms with E-state index >= 15 is 0 Å². The summed E-state index contributed by atoms with van der Waals surface area (Å²) >= 11 is 5.14. The van der Waals surface area contributed by atoms with Gasteiger partial charge in [-0.3, -0.25) is 0 Å². The maximum absolute atomic E-state index is 4.51. The summed E-state index contributed by atoms with van der Waals surface area (Å²) < 4.78 is 1.07. The number of hydrogen-bond donors (Lipinski definition) is 1. The number of rotatable bonds is 3. The third-order valence-corrected chi connectivity index (χ3v) is 5.42. The Morgan fingerprint density at radius 1 is 0.960 bits per heavy atom. The minimum absolute atomic E-state index is 0.842. The molecule has 25 heavy (non-hydrogen) atoms. The van der Waals surface area contributed by atoms with Gasteiger partial charge in [-0.15, -0.1) is 11.3 Å². The maximum Gasteiger partial charge on any atom is 0.143 e. The van der Waals surface area contributed by atoms with Crippen LogP contribution >= 0.6 is 27.3 Å². The minimum atomic E-state index is 0.842. The van der Waals surface area contributed by atoms with Crippen molar-refractivity contribution in [2.75, 3.05) is 5.32 Å². The molecule has 0 fully saturated rings. The van der Waals surface area contributed by atoms with Crippen LogP contribution in [0.25, 0.3) is 21.3 Å². The van der Waals surface area contributed by atoms with Crippen molar-refractivity contribution in [1.82, 2.24) is 9.97 Å². The number of halogens is 1. The van der Waals surface area contributed by atoms with Crippen molar-refractivity contribution >= 4 is 49.0 Å². The lowest BCUT2D eigenvalue weighted by Crippen LogP contribution is -1.96. The van der Waals surface area contributed by atoms with Gasteiger partial charge in [-0.05, 0) is 54.8 Å². The molecule has 1 N–H and O–H groups in total. The van der Waals surface area contributed by atoms with Crippen LogP contribution < -0.4 is 5.32 Å². The first kappa shape index (κ1) is 16.2. The van der Waals surface area contributed by atoms with Gasteiger partial charge in [0, 0.05) is 21.1 Å². The highest BCUT2D eigenvalue weighted by Gasteiger charge is 2.13. The van der Waals surface area contributed by atoms with E-state index < -0.39 is 0 Å². The van der Waals surface area contributed by atoms with Gasteiger partial charge in [-0.2, -0.15) is 0 Å². The van der Waals surface area contributed by atoms with Crippen molar-refractivity contribution in [3.63, 3.8) is 0 Å². The smallest absolute Gasteiger partial charge is 0.143 e. The van der Waals surface area contributed by atoms with Crippen LogP contribution in [-0.4, -0.2) is 9.97 Å². The average molecular weight is 410 g/mol. The quantitative estimate of drug-likeness (QED) is 0.420. The molecule has 2 aromatic carbocycles. The highest BCUT2D eigenvalue weighted by Crippen LogP contribution is 2.37. The molecule has 0 unspecified atom stereocenters. The Bertz CT molecular complexity index is 1030. The van der Waals surface area contributed by atoms with Crippen LogP contribution in [0.5, 0.6) is 0 Å². The van der Waals surface area contributed by atoms with Crippen LogP contribution in [0, 0.1) is 13.8 Å². The number of fused-ring (bicyclic) bond motifs is 1. The minimum Gasteiger partial charge on any atom is -0.340 e. The molecular formula is C20H16BrN3S. The Balaban J connectivity index is 1.84. The van der Waals surface area contributed by atoms with Crippen LogP contribution in [0.1, 0.15) is 11.1 Å². The third-order valence-electron chi connectivity index (χ3n) is 4.01. The molecule has 0 spiro atoms. The summed E-state index contributed by atoms with van der Waals surface area (Å²) in [7, 11) is 0. The Labute approximate surface area is 158 Å². The van der Waals surface area contributed by atoms with E-state index in [1.807, 2.05) is 0 Å². The van der Waals surface area contributed by atoms with Crippen molar-refractivity contribution in [2.24, 2.45) is 0 Å². The topological polar surface area (TPSA) is 37.8 Å². The molecule has 4 rings (SSSR count). The van der Waals surface area contributed by atoms with Crippen molar-refractivity contribution in [3.8, 4) is 11.1 Å². The molecule has 5 heteroatoms. The molecule has 2 aromatic heterocycles. The SMILES string of the molecule is Cc1cc(C)cc(Nc2ncnc3scc(-c4ccc(Br)cc4)c23)c1. The Morgan fingerprint density at radius 2 is 1.68 bits per heavy atom. The summed E-state index contributed by atoms with van der Waals surface area (Å²) in [4.78, 5) is 9.94. The van der Waals surface area contributed by atoms with Crippen molar-refractivity contribution in [1.29, 1.82) is 0 Å². The molecule has 3 nitrogen and oxygen atoms in total. The summed E-state index contributed by atoms with van der Waals surface area (Å²) in [6, 6.07) is 14.8. The fraction of sp³-hybridized carbons (Fsp3) is 0.100. The first-order chi connectivity index (χ1) is 12.1. The second kappa shape index (κ2) is 6.58. The second-order valence-electron chi connectivity index (χ2n) is 6.06. The van der Waals surface area contributed by atoms with E-state index in [0.29, 0.717) is 0 Å². The highest BCUT2D eigenvalue weighted by atomic mass is 79.9. The normalized spacial score (nSPS) is 11.0. The summed E-state index contributed by atoms with van der Waals surface area (Å²) in [6.07, 6.45) is 1.62. The van der Waals surface area contributed by atoms with Gasteiger partial charge in [-0.25, -0.2) is 9.97 Å². The van der Waals surface area contributed by atoms with Gasteiger partial charge in [0.1, 0.15) is 17.0 Å². The summed E-state index contributed by atoms with van der Waals surface area (Å²) in [5, 5.41) is 6.69. The average Bonchev–Trinajstić information content (AvgIpc) is 3.00. The molecule has 0 saturated carbocycles. The number of thiophene rings is 1. The molecule has 0 aliphatic carbocycles. The molecule has 0 atom stereocenters. The van der Waals surface area contributed by atoms with Crippen LogP contribution in [-0.2, 0) is 0 Å². The molecule has 0 aliphatic heterocycles. The van der Waals surface area contributed by atoms with Crippen molar-refractivity contribution in [3.05, 3.63) is 69.8 Å². The Hall–Kier alpha value is -2.24. The number of anilines is 2. The molecule has 124 valence electrons. The second-order valence-corrected chi connectivity index (χ2v) is 7.83. The van der Waals surface area contributed by atoms with Crippen LogP contribution in [0.15, 0.2) is 58.6 Å². The zero-order valence-electron chi connectivity index (χ0n) is 13.9. The number of hydrogen-bond acceptors (Lipinski definition) is 4. The molecule has 2 heterocycles. The van der Waals surface area contributed by atoms with E-state index in [2.05, 4.69) is 92.9 Å².